The highest BCUT2D eigenvalue weighted by Crippen LogP contribution is 2.22. The van der Waals surface area contributed by atoms with Crippen LogP contribution in [0.3, 0.4) is 0 Å². The van der Waals surface area contributed by atoms with E-state index in [-0.39, 0.29) is 0 Å². The Morgan fingerprint density at radius 2 is 2.23 bits per heavy atom. The van der Waals surface area contributed by atoms with E-state index in [1.165, 1.54) is 10.4 Å². The molecule has 13 heavy (non-hydrogen) atoms. The summed E-state index contributed by atoms with van der Waals surface area (Å²) in [5, 5.41) is 2.13. The first-order valence-corrected chi connectivity index (χ1v) is 5.29. The molecule has 0 atom stereocenters. The minimum absolute atomic E-state index is 0.779. The van der Waals surface area contributed by atoms with Crippen molar-refractivity contribution >= 4 is 23.6 Å². The molecule has 0 saturated heterocycles. The second kappa shape index (κ2) is 3.44. The number of aryl methyl sites for hydroxylation is 1. The smallest absolute Gasteiger partial charge is 0.103 e. The quantitative estimate of drug-likeness (QED) is 0.704. The lowest BCUT2D eigenvalue weighted by atomic mass is 10.2. The van der Waals surface area contributed by atoms with Crippen molar-refractivity contribution in [2.75, 3.05) is 0 Å². The zero-order chi connectivity index (χ0) is 9.26. The first-order valence-electron chi connectivity index (χ1n) is 4.00. The summed E-state index contributed by atoms with van der Waals surface area (Å²) in [6.45, 7) is 2.10. The van der Waals surface area contributed by atoms with Gasteiger partial charge in [0.2, 0.25) is 0 Å². The van der Waals surface area contributed by atoms with Crippen LogP contribution >= 0.6 is 23.6 Å². The molecule has 0 aromatic carbocycles. The van der Waals surface area contributed by atoms with E-state index in [1.54, 1.807) is 11.3 Å². The van der Waals surface area contributed by atoms with Gasteiger partial charge in [0, 0.05) is 21.5 Å². The van der Waals surface area contributed by atoms with Gasteiger partial charge in [-0.15, -0.1) is 11.3 Å². The second-order valence-corrected chi connectivity index (χ2v) is 4.43. The molecule has 2 heterocycles. The van der Waals surface area contributed by atoms with Gasteiger partial charge in [-0.1, -0.05) is 18.3 Å². The highest BCUT2D eigenvalue weighted by molar-refractivity contribution is 7.71. The average Bonchev–Trinajstić information content (AvgIpc) is 2.52. The van der Waals surface area contributed by atoms with Gasteiger partial charge in [-0.3, -0.25) is 0 Å². The molecule has 0 amide bonds. The van der Waals surface area contributed by atoms with Gasteiger partial charge in [-0.2, -0.15) is 0 Å². The third kappa shape index (κ3) is 1.87. The molecule has 0 radical (unpaired) electrons. The van der Waals surface area contributed by atoms with Gasteiger partial charge in [-0.05, 0) is 25.1 Å². The molecule has 0 fully saturated rings. The Balaban J connectivity index is 2.52. The fraction of sp³-hybridized carbons (Fsp3) is 0.100. The van der Waals surface area contributed by atoms with Crippen molar-refractivity contribution in [2.24, 2.45) is 0 Å². The van der Waals surface area contributed by atoms with E-state index >= 15 is 0 Å². The van der Waals surface area contributed by atoms with Crippen LogP contribution in [0.1, 0.15) is 4.88 Å². The maximum atomic E-state index is 5.05. The number of aromatic nitrogens is 1. The monoisotopic (exact) mass is 207 g/mol. The highest BCUT2D eigenvalue weighted by Gasteiger charge is 1.98. The zero-order valence-electron chi connectivity index (χ0n) is 7.20. The van der Waals surface area contributed by atoms with Crippen molar-refractivity contribution in [3.05, 3.63) is 39.2 Å². The number of aromatic amines is 1. The van der Waals surface area contributed by atoms with Crippen LogP contribution in [0.25, 0.3) is 11.3 Å². The second-order valence-electron chi connectivity index (χ2n) is 2.87. The van der Waals surface area contributed by atoms with Crippen LogP contribution in [-0.2, 0) is 0 Å². The molecular formula is C10H9NS2. The minimum atomic E-state index is 0.779. The molecule has 1 nitrogen and oxygen atoms in total. The van der Waals surface area contributed by atoms with E-state index in [0.29, 0.717) is 0 Å². The summed E-state index contributed by atoms with van der Waals surface area (Å²) in [6, 6.07) is 8.06. The molecule has 1 N–H and O–H groups in total. The van der Waals surface area contributed by atoms with E-state index in [1.807, 2.05) is 18.2 Å². The summed E-state index contributed by atoms with van der Waals surface area (Å²) in [4.78, 5) is 4.48. The molecule has 2 aromatic rings. The first kappa shape index (κ1) is 8.66. The Bertz CT molecular complexity index is 468. The van der Waals surface area contributed by atoms with E-state index in [4.69, 9.17) is 12.2 Å². The molecule has 0 unspecified atom stereocenters. The number of thiophene rings is 1. The lowest BCUT2D eigenvalue weighted by Gasteiger charge is -1.96. The van der Waals surface area contributed by atoms with Gasteiger partial charge in [0.1, 0.15) is 4.64 Å². The molecule has 0 saturated carbocycles. The van der Waals surface area contributed by atoms with Crippen molar-refractivity contribution in [1.82, 2.24) is 4.98 Å². The predicted octanol–water partition coefficient (Wildman–Crippen LogP) is 3.78. The summed E-state index contributed by atoms with van der Waals surface area (Å²) >= 11 is 6.81. The van der Waals surface area contributed by atoms with Crippen LogP contribution in [0.5, 0.6) is 0 Å². The van der Waals surface area contributed by atoms with Gasteiger partial charge >= 0.3 is 0 Å². The van der Waals surface area contributed by atoms with Crippen molar-refractivity contribution in [2.45, 2.75) is 6.92 Å². The molecule has 0 aliphatic rings. The molecule has 0 aliphatic heterocycles. The number of hydrogen-bond donors (Lipinski definition) is 1. The molecular weight excluding hydrogens is 198 g/mol. The Morgan fingerprint density at radius 1 is 1.38 bits per heavy atom. The van der Waals surface area contributed by atoms with E-state index < -0.39 is 0 Å². The normalized spacial score (nSPS) is 10.2. The Morgan fingerprint density at radius 3 is 2.85 bits per heavy atom. The molecule has 2 rings (SSSR count). The summed E-state index contributed by atoms with van der Waals surface area (Å²) in [6.07, 6.45) is 0. The highest BCUT2D eigenvalue weighted by atomic mass is 32.1. The molecule has 0 aliphatic carbocycles. The maximum absolute atomic E-state index is 5.05. The van der Waals surface area contributed by atoms with Crippen LogP contribution in [0.15, 0.2) is 29.6 Å². The van der Waals surface area contributed by atoms with E-state index in [0.717, 1.165) is 10.3 Å². The summed E-state index contributed by atoms with van der Waals surface area (Å²) in [5.74, 6) is 0. The summed E-state index contributed by atoms with van der Waals surface area (Å²) in [5.41, 5.74) is 2.31. The lowest BCUT2D eigenvalue weighted by Crippen LogP contribution is -1.79. The van der Waals surface area contributed by atoms with Crippen molar-refractivity contribution in [1.29, 1.82) is 0 Å². The number of rotatable bonds is 1. The number of nitrogens with one attached hydrogen (secondary N) is 1. The third-order valence-electron chi connectivity index (χ3n) is 1.81. The topological polar surface area (TPSA) is 15.8 Å². The minimum Gasteiger partial charge on any atom is -0.346 e. The predicted molar refractivity (Wildman–Crippen MR) is 59.7 cm³/mol. The van der Waals surface area contributed by atoms with Crippen LogP contribution < -0.4 is 0 Å². The van der Waals surface area contributed by atoms with Gasteiger partial charge in [-0.25, -0.2) is 0 Å². The van der Waals surface area contributed by atoms with Crippen molar-refractivity contribution < 1.29 is 0 Å². The number of pyridine rings is 1. The van der Waals surface area contributed by atoms with Gasteiger partial charge in [0.15, 0.2) is 0 Å². The van der Waals surface area contributed by atoms with E-state index in [2.05, 4.69) is 23.4 Å². The average molecular weight is 207 g/mol. The van der Waals surface area contributed by atoms with Crippen molar-refractivity contribution in [3.63, 3.8) is 0 Å². The van der Waals surface area contributed by atoms with Gasteiger partial charge in [0.25, 0.3) is 0 Å². The maximum Gasteiger partial charge on any atom is 0.103 e. The fourth-order valence-electron chi connectivity index (χ4n) is 1.20. The SMILES string of the molecule is Cc1cc(-c2cccc(=S)[nH]2)cs1. The lowest BCUT2D eigenvalue weighted by molar-refractivity contribution is 1.30. The summed E-state index contributed by atoms with van der Waals surface area (Å²) < 4.78 is 0.779. The van der Waals surface area contributed by atoms with Crippen LogP contribution in [0.2, 0.25) is 0 Å². The molecule has 0 spiro atoms. The van der Waals surface area contributed by atoms with Gasteiger partial charge < -0.3 is 4.98 Å². The van der Waals surface area contributed by atoms with Crippen LogP contribution in [-0.4, -0.2) is 4.98 Å². The standard InChI is InChI=1S/C10H9NS2/c1-7-5-8(6-13-7)9-3-2-4-10(12)11-9/h2-6H,1H3,(H,11,12). The third-order valence-corrected chi connectivity index (χ3v) is 2.91. The first-order chi connectivity index (χ1) is 6.25. The Hall–Kier alpha value is -0.930. The Kier molecular flexibility index (Phi) is 2.29. The largest absolute Gasteiger partial charge is 0.346 e. The molecule has 3 heteroatoms. The fourth-order valence-corrected chi connectivity index (χ4v) is 2.09. The van der Waals surface area contributed by atoms with Gasteiger partial charge in [0.05, 0.1) is 0 Å². The van der Waals surface area contributed by atoms with E-state index in [9.17, 15) is 0 Å². The molecule has 2 aromatic heterocycles. The zero-order valence-corrected chi connectivity index (χ0v) is 8.84. The van der Waals surface area contributed by atoms with Crippen LogP contribution in [0, 0.1) is 11.6 Å². The molecule has 0 bridgehead atoms. The van der Waals surface area contributed by atoms with Crippen molar-refractivity contribution in [3.8, 4) is 11.3 Å². The molecule has 66 valence electrons. The Labute approximate surface area is 86.1 Å². The number of hydrogen-bond acceptors (Lipinski definition) is 2. The van der Waals surface area contributed by atoms with Crippen LogP contribution in [0.4, 0.5) is 0 Å². The summed E-state index contributed by atoms with van der Waals surface area (Å²) in [7, 11) is 0. The number of H-pyrrole nitrogens is 1.